The van der Waals surface area contributed by atoms with Crippen molar-refractivity contribution in [2.75, 3.05) is 20.3 Å². The molecule has 0 aliphatic rings. The van der Waals surface area contributed by atoms with E-state index in [0.29, 0.717) is 19.6 Å². The molecular formula is C8H16N2O4. The van der Waals surface area contributed by atoms with Gasteiger partial charge in [0.05, 0.1) is 6.61 Å². The van der Waals surface area contributed by atoms with E-state index >= 15 is 0 Å². The number of nitrogens with one attached hydrogen (secondary N) is 2. The van der Waals surface area contributed by atoms with E-state index < -0.39 is 18.0 Å². The van der Waals surface area contributed by atoms with Gasteiger partial charge in [-0.25, -0.2) is 9.59 Å². The molecule has 6 nitrogen and oxygen atoms in total. The number of methoxy groups -OCH3 is 1. The number of carbonyl (C=O) groups excluding carboxylic acids is 1. The van der Waals surface area contributed by atoms with E-state index in [9.17, 15) is 9.59 Å². The van der Waals surface area contributed by atoms with Crippen LogP contribution in [0.1, 0.15) is 13.3 Å². The smallest absolute Gasteiger partial charge is 0.326 e. The first-order valence-corrected chi connectivity index (χ1v) is 4.38. The summed E-state index contributed by atoms with van der Waals surface area (Å²) in [6.07, 6.45) is 0.354. The summed E-state index contributed by atoms with van der Waals surface area (Å²) in [5.41, 5.74) is 0. The van der Waals surface area contributed by atoms with Crippen LogP contribution in [-0.2, 0) is 9.53 Å². The standard InChI is InChI=1S/C8H16N2O4/c1-3-6(7(11)12)10-8(13)9-4-5-14-2/h6H,3-5H2,1-2H3,(H,11,12)(H2,9,10,13)/t6-/m1/s1. The number of hydrogen-bond acceptors (Lipinski definition) is 3. The van der Waals surface area contributed by atoms with Crippen LogP contribution >= 0.6 is 0 Å². The molecule has 2 amide bonds. The normalized spacial score (nSPS) is 11.9. The lowest BCUT2D eigenvalue weighted by atomic mass is 10.2. The molecule has 0 spiro atoms. The molecule has 0 aliphatic heterocycles. The second kappa shape index (κ2) is 7.14. The molecule has 6 heteroatoms. The quantitative estimate of drug-likeness (QED) is 0.523. The van der Waals surface area contributed by atoms with Crippen molar-refractivity contribution in [2.24, 2.45) is 0 Å². The van der Waals surface area contributed by atoms with Gasteiger partial charge in [0.1, 0.15) is 6.04 Å². The summed E-state index contributed by atoms with van der Waals surface area (Å²) in [6.45, 7) is 2.45. The predicted octanol–water partition coefficient (Wildman–Crippen LogP) is -0.205. The lowest BCUT2D eigenvalue weighted by Crippen LogP contribution is -2.46. The molecule has 0 aromatic heterocycles. The van der Waals surface area contributed by atoms with Gasteiger partial charge >= 0.3 is 12.0 Å². The van der Waals surface area contributed by atoms with Crippen molar-refractivity contribution in [2.45, 2.75) is 19.4 Å². The fourth-order valence-electron chi connectivity index (χ4n) is 0.814. The topological polar surface area (TPSA) is 87.7 Å². The molecule has 82 valence electrons. The molecule has 0 unspecified atom stereocenters. The summed E-state index contributed by atoms with van der Waals surface area (Å²) in [6, 6.07) is -1.33. The molecule has 0 saturated heterocycles. The van der Waals surface area contributed by atoms with Gasteiger partial charge in [0.2, 0.25) is 0 Å². The van der Waals surface area contributed by atoms with Gasteiger partial charge in [0.25, 0.3) is 0 Å². The molecule has 0 fully saturated rings. The molecule has 0 aromatic carbocycles. The summed E-state index contributed by atoms with van der Waals surface area (Å²) in [4.78, 5) is 21.6. The largest absolute Gasteiger partial charge is 0.480 e. The van der Waals surface area contributed by atoms with Crippen LogP contribution < -0.4 is 10.6 Å². The monoisotopic (exact) mass is 204 g/mol. The maximum atomic E-state index is 11.1. The number of aliphatic carboxylic acids is 1. The Balaban J connectivity index is 3.74. The van der Waals surface area contributed by atoms with Crippen molar-refractivity contribution in [1.29, 1.82) is 0 Å². The third kappa shape index (κ3) is 5.36. The first kappa shape index (κ1) is 12.7. The number of carbonyl (C=O) groups is 2. The minimum atomic E-state index is -1.03. The Bertz CT molecular complexity index is 196. The van der Waals surface area contributed by atoms with E-state index in [1.807, 2.05) is 0 Å². The van der Waals surface area contributed by atoms with E-state index in [0.717, 1.165) is 0 Å². The highest BCUT2D eigenvalue weighted by atomic mass is 16.5. The van der Waals surface area contributed by atoms with Crippen LogP contribution in [0.4, 0.5) is 4.79 Å². The molecule has 14 heavy (non-hydrogen) atoms. The highest BCUT2D eigenvalue weighted by Gasteiger charge is 2.16. The van der Waals surface area contributed by atoms with E-state index in [1.54, 1.807) is 6.92 Å². The lowest BCUT2D eigenvalue weighted by molar-refractivity contribution is -0.139. The third-order valence-corrected chi connectivity index (χ3v) is 1.60. The summed E-state index contributed by atoms with van der Waals surface area (Å²) in [7, 11) is 1.52. The Morgan fingerprint density at radius 1 is 1.50 bits per heavy atom. The summed E-state index contributed by atoms with van der Waals surface area (Å²) >= 11 is 0. The maximum Gasteiger partial charge on any atom is 0.326 e. The second-order valence-corrected chi connectivity index (χ2v) is 2.69. The van der Waals surface area contributed by atoms with Crippen molar-refractivity contribution in [1.82, 2.24) is 10.6 Å². The first-order chi connectivity index (χ1) is 6.61. The minimum Gasteiger partial charge on any atom is -0.480 e. The number of carboxylic acids is 1. The molecule has 1 atom stereocenters. The van der Waals surface area contributed by atoms with E-state index in [2.05, 4.69) is 10.6 Å². The third-order valence-electron chi connectivity index (χ3n) is 1.60. The van der Waals surface area contributed by atoms with Gasteiger partial charge in [-0.3, -0.25) is 0 Å². The number of hydrogen-bond donors (Lipinski definition) is 3. The fourth-order valence-corrected chi connectivity index (χ4v) is 0.814. The van der Waals surface area contributed by atoms with Crippen LogP contribution in [0.25, 0.3) is 0 Å². The van der Waals surface area contributed by atoms with Crippen molar-refractivity contribution >= 4 is 12.0 Å². The fraction of sp³-hybridized carbons (Fsp3) is 0.750. The van der Waals surface area contributed by atoms with Crippen molar-refractivity contribution in [3.8, 4) is 0 Å². The highest BCUT2D eigenvalue weighted by molar-refractivity contribution is 5.82. The van der Waals surface area contributed by atoms with Crippen molar-refractivity contribution < 1.29 is 19.4 Å². The molecule has 3 N–H and O–H groups in total. The predicted molar refractivity (Wildman–Crippen MR) is 50.1 cm³/mol. The van der Waals surface area contributed by atoms with Gasteiger partial charge < -0.3 is 20.5 Å². The van der Waals surface area contributed by atoms with Gasteiger partial charge in [-0.2, -0.15) is 0 Å². The van der Waals surface area contributed by atoms with Gasteiger partial charge in [-0.15, -0.1) is 0 Å². The second-order valence-electron chi connectivity index (χ2n) is 2.69. The zero-order valence-electron chi connectivity index (χ0n) is 8.37. The number of ether oxygens (including phenoxy) is 1. The maximum absolute atomic E-state index is 11.1. The first-order valence-electron chi connectivity index (χ1n) is 4.38. The Morgan fingerprint density at radius 3 is 2.57 bits per heavy atom. The molecule has 0 aromatic rings. The molecule has 0 rings (SSSR count). The molecule has 0 aliphatic carbocycles. The molecular weight excluding hydrogens is 188 g/mol. The molecule has 0 saturated carbocycles. The van der Waals surface area contributed by atoms with Gasteiger partial charge in [0, 0.05) is 13.7 Å². The Morgan fingerprint density at radius 2 is 2.14 bits per heavy atom. The SMILES string of the molecule is CC[C@@H](NC(=O)NCCOC)C(=O)O. The Kier molecular flexibility index (Phi) is 6.47. The minimum absolute atomic E-state index is 0.354. The van der Waals surface area contributed by atoms with E-state index in [4.69, 9.17) is 9.84 Å². The highest BCUT2D eigenvalue weighted by Crippen LogP contribution is 1.89. The summed E-state index contributed by atoms with van der Waals surface area (Å²) < 4.78 is 4.71. The Labute approximate surface area is 82.6 Å². The number of rotatable bonds is 6. The van der Waals surface area contributed by atoms with Crippen LogP contribution in [0, 0.1) is 0 Å². The zero-order chi connectivity index (χ0) is 11.0. The van der Waals surface area contributed by atoms with Crippen LogP contribution in [-0.4, -0.2) is 43.4 Å². The van der Waals surface area contributed by atoms with Crippen molar-refractivity contribution in [3.05, 3.63) is 0 Å². The zero-order valence-corrected chi connectivity index (χ0v) is 8.37. The number of urea groups is 1. The van der Waals surface area contributed by atoms with Gasteiger partial charge in [0.15, 0.2) is 0 Å². The Hall–Kier alpha value is -1.30. The summed E-state index contributed by atoms with van der Waals surface area (Å²) in [5.74, 6) is -1.03. The number of amides is 2. The van der Waals surface area contributed by atoms with Crippen LogP contribution in [0.3, 0.4) is 0 Å². The van der Waals surface area contributed by atoms with Crippen LogP contribution in [0.15, 0.2) is 0 Å². The molecule has 0 heterocycles. The average Bonchev–Trinajstić information content (AvgIpc) is 2.14. The van der Waals surface area contributed by atoms with Crippen LogP contribution in [0.5, 0.6) is 0 Å². The number of carboxylic acid groups (broad SMARTS) is 1. The van der Waals surface area contributed by atoms with E-state index in [1.165, 1.54) is 7.11 Å². The summed E-state index contributed by atoms with van der Waals surface area (Å²) in [5, 5.41) is 13.4. The van der Waals surface area contributed by atoms with Gasteiger partial charge in [-0.1, -0.05) is 6.92 Å². The lowest BCUT2D eigenvalue weighted by Gasteiger charge is -2.12. The van der Waals surface area contributed by atoms with Crippen LogP contribution in [0.2, 0.25) is 0 Å². The molecule has 0 bridgehead atoms. The van der Waals surface area contributed by atoms with E-state index in [-0.39, 0.29) is 0 Å². The molecule has 0 radical (unpaired) electrons. The van der Waals surface area contributed by atoms with Gasteiger partial charge in [-0.05, 0) is 6.42 Å². The van der Waals surface area contributed by atoms with Crippen molar-refractivity contribution in [3.63, 3.8) is 0 Å². The average molecular weight is 204 g/mol.